The van der Waals surface area contributed by atoms with E-state index in [2.05, 4.69) is 15.3 Å². The molecule has 0 aromatic carbocycles. The van der Waals surface area contributed by atoms with E-state index in [-0.39, 0.29) is 11.6 Å². The second kappa shape index (κ2) is 4.72. The molecule has 1 amide bonds. The van der Waals surface area contributed by atoms with Crippen LogP contribution in [-0.2, 0) is 0 Å². The molecule has 0 aliphatic carbocycles. The van der Waals surface area contributed by atoms with Gasteiger partial charge in [-0.25, -0.2) is 9.97 Å². The lowest BCUT2D eigenvalue weighted by Gasteiger charge is -2.00. The van der Waals surface area contributed by atoms with E-state index >= 15 is 0 Å². The van der Waals surface area contributed by atoms with E-state index in [9.17, 15) is 4.79 Å². The number of nitrogens with one attached hydrogen (secondary N) is 1. The molecule has 0 saturated carbocycles. The highest BCUT2D eigenvalue weighted by Gasteiger charge is 2.08. The summed E-state index contributed by atoms with van der Waals surface area (Å²) in [5.41, 5.74) is 1.55. The van der Waals surface area contributed by atoms with Gasteiger partial charge in [-0.05, 0) is 19.1 Å². The molecular weight excluding hydrogens is 236 g/mol. The molecule has 2 heterocycles. The molecule has 0 aliphatic rings. The summed E-state index contributed by atoms with van der Waals surface area (Å²) in [5.74, 6) is -0.281. The molecule has 0 spiro atoms. The van der Waals surface area contributed by atoms with Gasteiger partial charge in [0, 0.05) is 11.6 Å². The van der Waals surface area contributed by atoms with Gasteiger partial charge in [-0.3, -0.25) is 10.1 Å². The molecule has 0 radical (unpaired) electrons. The van der Waals surface area contributed by atoms with E-state index in [4.69, 9.17) is 5.26 Å². The Hall–Kier alpha value is -2.26. The van der Waals surface area contributed by atoms with Crippen molar-refractivity contribution in [2.45, 2.75) is 6.92 Å². The molecule has 84 valence electrons. The molecule has 6 heteroatoms. The maximum Gasteiger partial charge on any atom is 0.259 e. The van der Waals surface area contributed by atoms with Crippen molar-refractivity contribution in [1.82, 2.24) is 9.97 Å². The number of nitriles is 1. The lowest BCUT2D eigenvalue weighted by molar-refractivity contribution is 0.102. The molecule has 2 rings (SSSR count). The zero-order valence-corrected chi connectivity index (χ0v) is 9.78. The lowest BCUT2D eigenvalue weighted by Crippen LogP contribution is -2.12. The lowest BCUT2D eigenvalue weighted by atomic mass is 10.2. The quantitative estimate of drug-likeness (QED) is 0.875. The van der Waals surface area contributed by atoms with Crippen molar-refractivity contribution in [3.63, 3.8) is 0 Å². The second-order valence-corrected chi connectivity index (χ2v) is 4.15. The highest BCUT2D eigenvalue weighted by Crippen LogP contribution is 2.15. The molecule has 0 atom stereocenters. The minimum Gasteiger partial charge on any atom is -0.298 e. The van der Waals surface area contributed by atoms with Gasteiger partial charge in [-0.2, -0.15) is 5.26 Å². The fourth-order valence-electron chi connectivity index (χ4n) is 1.17. The Morgan fingerprint density at radius 1 is 1.53 bits per heavy atom. The molecule has 0 unspecified atom stereocenters. The highest BCUT2D eigenvalue weighted by atomic mass is 32.1. The average molecular weight is 244 g/mol. The van der Waals surface area contributed by atoms with Crippen molar-refractivity contribution in [3.8, 4) is 6.07 Å². The summed E-state index contributed by atoms with van der Waals surface area (Å²) < 4.78 is 0. The summed E-state index contributed by atoms with van der Waals surface area (Å²) in [5, 5.41) is 13.7. The molecule has 5 nitrogen and oxygen atoms in total. The van der Waals surface area contributed by atoms with Gasteiger partial charge in [0.05, 0.1) is 11.3 Å². The molecule has 0 saturated heterocycles. The van der Waals surface area contributed by atoms with Crippen molar-refractivity contribution in [3.05, 3.63) is 40.7 Å². The number of aryl methyl sites for hydroxylation is 1. The van der Waals surface area contributed by atoms with E-state index in [1.165, 1.54) is 23.6 Å². The molecular formula is C11H8N4OS. The molecule has 0 fully saturated rings. The highest BCUT2D eigenvalue weighted by molar-refractivity contribution is 7.13. The van der Waals surface area contributed by atoms with Crippen LogP contribution in [-0.4, -0.2) is 15.9 Å². The Labute approximate surface area is 102 Å². The van der Waals surface area contributed by atoms with Crippen molar-refractivity contribution >= 4 is 22.4 Å². The van der Waals surface area contributed by atoms with Gasteiger partial charge in [0.2, 0.25) is 0 Å². The van der Waals surface area contributed by atoms with Crippen LogP contribution in [0.4, 0.5) is 5.13 Å². The van der Waals surface area contributed by atoms with Gasteiger partial charge in [0.25, 0.3) is 5.91 Å². The third kappa shape index (κ3) is 2.65. The van der Waals surface area contributed by atoms with E-state index in [0.717, 1.165) is 5.69 Å². The van der Waals surface area contributed by atoms with Gasteiger partial charge < -0.3 is 0 Å². The minimum absolute atomic E-state index is 0.281. The number of pyridine rings is 1. The predicted molar refractivity (Wildman–Crippen MR) is 63.8 cm³/mol. The van der Waals surface area contributed by atoms with E-state index in [1.807, 2.05) is 18.4 Å². The Morgan fingerprint density at radius 2 is 2.35 bits per heavy atom. The van der Waals surface area contributed by atoms with Crippen LogP contribution in [0.15, 0.2) is 23.7 Å². The number of amides is 1. The summed E-state index contributed by atoms with van der Waals surface area (Å²) in [6, 6.07) is 4.95. The number of aromatic nitrogens is 2. The van der Waals surface area contributed by atoms with Crippen molar-refractivity contribution < 1.29 is 4.79 Å². The molecule has 0 aliphatic heterocycles. The monoisotopic (exact) mass is 244 g/mol. The first-order valence-electron chi connectivity index (χ1n) is 4.78. The van der Waals surface area contributed by atoms with Crippen LogP contribution in [0.5, 0.6) is 0 Å². The van der Waals surface area contributed by atoms with Crippen molar-refractivity contribution in [1.29, 1.82) is 5.26 Å². The van der Waals surface area contributed by atoms with Crippen LogP contribution in [0, 0.1) is 18.3 Å². The third-order valence-corrected chi connectivity index (χ3v) is 2.86. The first-order valence-corrected chi connectivity index (χ1v) is 5.66. The Morgan fingerprint density at radius 3 is 2.88 bits per heavy atom. The number of hydrogen-bond donors (Lipinski definition) is 1. The van der Waals surface area contributed by atoms with Crippen LogP contribution >= 0.6 is 11.3 Å². The maximum atomic E-state index is 11.8. The fraction of sp³-hybridized carbons (Fsp3) is 0.0909. The molecule has 1 N–H and O–H groups in total. The van der Waals surface area contributed by atoms with Gasteiger partial charge in [0.1, 0.15) is 11.8 Å². The van der Waals surface area contributed by atoms with Crippen LogP contribution < -0.4 is 5.32 Å². The van der Waals surface area contributed by atoms with Crippen LogP contribution in [0.2, 0.25) is 0 Å². The first kappa shape index (κ1) is 11.2. The zero-order chi connectivity index (χ0) is 12.3. The van der Waals surface area contributed by atoms with Crippen LogP contribution in [0.25, 0.3) is 0 Å². The van der Waals surface area contributed by atoms with E-state index in [1.54, 1.807) is 6.07 Å². The SMILES string of the molecule is Cc1csc(NC(=O)c2ccc(C#N)nc2)n1. The van der Waals surface area contributed by atoms with Crippen LogP contribution in [0.1, 0.15) is 21.7 Å². The Kier molecular flexibility index (Phi) is 3.12. The summed E-state index contributed by atoms with van der Waals surface area (Å²) in [4.78, 5) is 19.7. The molecule has 2 aromatic heterocycles. The standard InChI is InChI=1S/C11H8N4OS/c1-7-6-17-11(14-7)15-10(16)8-2-3-9(4-12)13-5-8/h2-3,5-6H,1H3,(H,14,15,16). The van der Waals surface area contributed by atoms with Crippen LogP contribution in [0.3, 0.4) is 0 Å². The number of rotatable bonds is 2. The number of carbonyl (C=O) groups excluding carboxylic acids is 1. The summed E-state index contributed by atoms with van der Waals surface area (Å²) in [6.45, 7) is 1.86. The smallest absolute Gasteiger partial charge is 0.259 e. The van der Waals surface area contributed by atoms with E-state index < -0.39 is 0 Å². The normalized spacial score (nSPS) is 9.65. The number of hydrogen-bond acceptors (Lipinski definition) is 5. The van der Waals surface area contributed by atoms with Crippen molar-refractivity contribution in [2.75, 3.05) is 5.32 Å². The number of carbonyl (C=O) groups is 1. The third-order valence-electron chi connectivity index (χ3n) is 1.98. The number of thiazole rings is 1. The number of nitrogens with zero attached hydrogens (tertiary/aromatic N) is 3. The summed E-state index contributed by atoms with van der Waals surface area (Å²) in [7, 11) is 0. The summed E-state index contributed by atoms with van der Waals surface area (Å²) >= 11 is 1.36. The van der Waals surface area contributed by atoms with Gasteiger partial charge >= 0.3 is 0 Å². The second-order valence-electron chi connectivity index (χ2n) is 3.29. The first-order chi connectivity index (χ1) is 8.19. The molecule has 0 bridgehead atoms. The zero-order valence-electron chi connectivity index (χ0n) is 8.97. The predicted octanol–water partition coefficient (Wildman–Crippen LogP) is 1.97. The van der Waals surface area contributed by atoms with Gasteiger partial charge in [0.15, 0.2) is 5.13 Å². The fourth-order valence-corrected chi connectivity index (χ4v) is 1.86. The van der Waals surface area contributed by atoms with Gasteiger partial charge in [-0.15, -0.1) is 11.3 Å². The molecule has 2 aromatic rings. The minimum atomic E-state index is -0.281. The average Bonchev–Trinajstić information content (AvgIpc) is 2.75. The summed E-state index contributed by atoms with van der Waals surface area (Å²) in [6.07, 6.45) is 1.37. The number of anilines is 1. The molecule has 17 heavy (non-hydrogen) atoms. The largest absolute Gasteiger partial charge is 0.298 e. The van der Waals surface area contributed by atoms with Gasteiger partial charge in [-0.1, -0.05) is 0 Å². The maximum absolute atomic E-state index is 11.8. The van der Waals surface area contributed by atoms with Crippen molar-refractivity contribution in [2.24, 2.45) is 0 Å². The Balaban J connectivity index is 2.12. The Bertz CT molecular complexity index is 582. The van der Waals surface area contributed by atoms with E-state index in [0.29, 0.717) is 10.7 Å². The topological polar surface area (TPSA) is 78.7 Å².